The summed E-state index contributed by atoms with van der Waals surface area (Å²) in [5, 5.41) is 9.18. The molecule has 2 nitrogen and oxygen atoms in total. The van der Waals surface area contributed by atoms with E-state index < -0.39 is 0 Å². The Bertz CT molecular complexity index is 269. The van der Waals surface area contributed by atoms with Gasteiger partial charge < -0.3 is 10.8 Å². The molecule has 3 N–H and O–H groups in total. The van der Waals surface area contributed by atoms with Crippen molar-refractivity contribution in [2.75, 3.05) is 5.73 Å². The van der Waals surface area contributed by atoms with Crippen molar-refractivity contribution in [1.82, 2.24) is 0 Å². The minimum absolute atomic E-state index is 0.300. The van der Waals surface area contributed by atoms with Gasteiger partial charge in [0.05, 0.1) is 6.10 Å². The molecule has 12 heavy (non-hydrogen) atoms. The Labute approximate surface area is 73.0 Å². The highest BCUT2D eigenvalue weighted by atomic mass is 16.3. The Morgan fingerprint density at radius 1 is 1.50 bits per heavy atom. The summed E-state index contributed by atoms with van der Waals surface area (Å²) in [6, 6.07) is 5.77. The van der Waals surface area contributed by atoms with E-state index in [1.807, 2.05) is 25.1 Å². The second-order valence-electron chi connectivity index (χ2n) is 3.24. The van der Waals surface area contributed by atoms with Gasteiger partial charge in [0, 0.05) is 5.69 Å². The number of nitrogen functional groups attached to an aromatic ring is 1. The average molecular weight is 165 g/mol. The first-order valence-electron chi connectivity index (χ1n) is 4.12. The predicted octanol–water partition coefficient (Wildman–Crippen LogP) is 1.50. The number of aliphatic hydroxyl groups excluding tert-OH is 1. The van der Waals surface area contributed by atoms with Crippen LogP contribution in [0, 0.1) is 6.92 Å². The Morgan fingerprint density at radius 3 is 2.75 bits per heavy atom. The van der Waals surface area contributed by atoms with Crippen LogP contribution in [-0.2, 0) is 6.42 Å². The fraction of sp³-hybridized carbons (Fsp3) is 0.400. The molecule has 0 radical (unpaired) electrons. The van der Waals surface area contributed by atoms with Crippen molar-refractivity contribution in [3.05, 3.63) is 29.3 Å². The van der Waals surface area contributed by atoms with E-state index in [1.54, 1.807) is 6.92 Å². The highest BCUT2D eigenvalue weighted by molar-refractivity contribution is 5.44. The van der Waals surface area contributed by atoms with Crippen LogP contribution < -0.4 is 5.73 Å². The number of hydrogen-bond acceptors (Lipinski definition) is 2. The number of rotatable bonds is 2. The Hall–Kier alpha value is -1.02. The molecule has 0 saturated carbocycles. The first kappa shape index (κ1) is 9.07. The molecule has 0 spiro atoms. The number of benzene rings is 1. The molecule has 0 aromatic heterocycles. The van der Waals surface area contributed by atoms with Crippen LogP contribution in [0.15, 0.2) is 18.2 Å². The minimum Gasteiger partial charge on any atom is -0.399 e. The van der Waals surface area contributed by atoms with Gasteiger partial charge in [-0.3, -0.25) is 0 Å². The zero-order valence-electron chi connectivity index (χ0n) is 7.54. The van der Waals surface area contributed by atoms with Crippen LogP contribution in [0.25, 0.3) is 0 Å². The van der Waals surface area contributed by atoms with Crippen molar-refractivity contribution in [3.63, 3.8) is 0 Å². The third-order valence-electron chi connectivity index (χ3n) is 1.89. The second-order valence-corrected chi connectivity index (χ2v) is 3.24. The maximum atomic E-state index is 9.18. The summed E-state index contributed by atoms with van der Waals surface area (Å²) < 4.78 is 0. The van der Waals surface area contributed by atoms with Crippen LogP contribution in [0.3, 0.4) is 0 Å². The topological polar surface area (TPSA) is 46.2 Å². The quantitative estimate of drug-likeness (QED) is 0.652. The molecule has 0 aliphatic carbocycles. The van der Waals surface area contributed by atoms with Crippen LogP contribution in [0.4, 0.5) is 5.69 Å². The second kappa shape index (κ2) is 3.59. The lowest BCUT2D eigenvalue weighted by Gasteiger charge is -2.08. The van der Waals surface area contributed by atoms with E-state index in [4.69, 9.17) is 5.73 Å². The van der Waals surface area contributed by atoms with Gasteiger partial charge in [-0.15, -0.1) is 0 Å². The highest BCUT2D eigenvalue weighted by Gasteiger charge is 2.02. The number of aliphatic hydroxyl groups is 1. The summed E-state index contributed by atoms with van der Waals surface area (Å²) in [5.41, 5.74) is 8.70. The van der Waals surface area contributed by atoms with E-state index in [0.29, 0.717) is 6.42 Å². The number of hydrogen-bond donors (Lipinski definition) is 2. The van der Waals surface area contributed by atoms with Crippen molar-refractivity contribution in [1.29, 1.82) is 0 Å². The van der Waals surface area contributed by atoms with E-state index in [1.165, 1.54) is 5.56 Å². The molecule has 0 amide bonds. The monoisotopic (exact) mass is 165 g/mol. The number of aryl methyl sites for hydroxylation is 1. The molecule has 1 aromatic carbocycles. The number of nitrogens with two attached hydrogens (primary N) is 1. The van der Waals surface area contributed by atoms with Gasteiger partial charge in [0.1, 0.15) is 0 Å². The lowest BCUT2D eigenvalue weighted by Crippen LogP contribution is -2.06. The van der Waals surface area contributed by atoms with Crippen molar-refractivity contribution >= 4 is 5.69 Å². The normalized spacial score (nSPS) is 12.9. The Kier molecular flexibility index (Phi) is 2.71. The fourth-order valence-electron chi connectivity index (χ4n) is 1.23. The van der Waals surface area contributed by atoms with E-state index in [2.05, 4.69) is 0 Å². The zero-order chi connectivity index (χ0) is 9.14. The van der Waals surface area contributed by atoms with Crippen LogP contribution in [-0.4, -0.2) is 11.2 Å². The van der Waals surface area contributed by atoms with Crippen LogP contribution in [0.5, 0.6) is 0 Å². The van der Waals surface area contributed by atoms with Crippen LogP contribution in [0.1, 0.15) is 18.1 Å². The lowest BCUT2D eigenvalue weighted by atomic mass is 10.0. The maximum absolute atomic E-state index is 9.18. The molecule has 2 heteroatoms. The molecule has 1 rings (SSSR count). The van der Waals surface area contributed by atoms with Gasteiger partial charge in [0.15, 0.2) is 0 Å². The van der Waals surface area contributed by atoms with Gasteiger partial charge in [-0.2, -0.15) is 0 Å². The lowest BCUT2D eigenvalue weighted by molar-refractivity contribution is 0.195. The molecule has 1 aromatic rings. The molecule has 1 unspecified atom stereocenters. The molecule has 1 atom stereocenters. The van der Waals surface area contributed by atoms with Crippen molar-refractivity contribution in [2.45, 2.75) is 26.4 Å². The molecule has 0 fully saturated rings. The highest BCUT2D eigenvalue weighted by Crippen LogP contribution is 2.14. The molecule has 0 aliphatic rings. The summed E-state index contributed by atoms with van der Waals surface area (Å²) in [6.07, 6.45) is 0.377. The van der Waals surface area contributed by atoms with Crippen molar-refractivity contribution in [3.8, 4) is 0 Å². The molecule has 0 saturated heterocycles. The summed E-state index contributed by atoms with van der Waals surface area (Å²) in [7, 11) is 0. The third-order valence-corrected chi connectivity index (χ3v) is 1.89. The zero-order valence-corrected chi connectivity index (χ0v) is 7.54. The largest absolute Gasteiger partial charge is 0.399 e. The average Bonchev–Trinajstić information content (AvgIpc) is 1.96. The van der Waals surface area contributed by atoms with Gasteiger partial charge >= 0.3 is 0 Å². The fourth-order valence-corrected chi connectivity index (χ4v) is 1.23. The maximum Gasteiger partial charge on any atom is 0.0552 e. The van der Waals surface area contributed by atoms with Gasteiger partial charge in [-0.1, -0.05) is 6.07 Å². The molecule has 0 aliphatic heterocycles. The van der Waals surface area contributed by atoms with E-state index in [-0.39, 0.29) is 6.10 Å². The van der Waals surface area contributed by atoms with E-state index in [0.717, 1.165) is 11.3 Å². The Morgan fingerprint density at radius 2 is 2.17 bits per heavy atom. The molecular weight excluding hydrogens is 150 g/mol. The Balaban J connectivity index is 2.90. The summed E-state index contributed by atoms with van der Waals surface area (Å²) in [6.45, 7) is 3.81. The van der Waals surface area contributed by atoms with Gasteiger partial charge in [-0.05, 0) is 43.5 Å². The van der Waals surface area contributed by atoms with Gasteiger partial charge in [0.25, 0.3) is 0 Å². The van der Waals surface area contributed by atoms with E-state index >= 15 is 0 Å². The van der Waals surface area contributed by atoms with E-state index in [9.17, 15) is 5.11 Å². The summed E-state index contributed by atoms with van der Waals surface area (Å²) in [4.78, 5) is 0. The first-order chi connectivity index (χ1) is 5.59. The molecule has 0 heterocycles. The smallest absolute Gasteiger partial charge is 0.0552 e. The minimum atomic E-state index is -0.300. The SMILES string of the molecule is Cc1ccc(N)cc1CC(C)O. The third kappa shape index (κ3) is 2.24. The predicted molar refractivity (Wildman–Crippen MR) is 51.0 cm³/mol. The summed E-state index contributed by atoms with van der Waals surface area (Å²) in [5.74, 6) is 0. The molecule has 0 bridgehead atoms. The molecule has 66 valence electrons. The molecular formula is C10H15NO. The van der Waals surface area contributed by atoms with Crippen molar-refractivity contribution < 1.29 is 5.11 Å². The van der Waals surface area contributed by atoms with Crippen LogP contribution in [0.2, 0.25) is 0 Å². The standard InChI is InChI=1S/C10H15NO/c1-7-3-4-10(11)6-9(7)5-8(2)12/h3-4,6,8,12H,5,11H2,1-2H3. The van der Waals surface area contributed by atoms with Gasteiger partial charge in [-0.25, -0.2) is 0 Å². The summed E-state index contributed by atoms with van der Waals surface area (Å²) >= 11 is 0. The van der Waals surface area contributed by atoms with Crippen molar-refractivity contribution in [2.24, 2.45) is 0 Å². The van der Waals surface area contributed by atoms with Crippen LogP contribution >= 0.6 is 0 Å². The van der Waals surface area contributed by atoms with Gasteiger partial charge in [0.2, 0.25) is 0 Å². The first-order valence-corrected chi connectivity index (χ1v) is 4.12. The number of anilines is 1.